The van der Waals surface area contributed by atoms with Gasteiger partial charge in [0.2, 0.25) is 0 Å². The molecule has 0 heterocycles. The van der Waals surface area contributed by atoms with Gasteiger partial charge in [-0.15, -0.1) is 0 Å². The van der Waals surface area contributed by atoms with E-state index >= 15 is 0 Å². The van der Waals surface area contributed by atoms with Gasteiger partial charge in [0.1, 0.15) is 5.75 Å². The summed E-state index contributed by atoms with van der Waals surface area (Å²) in [5.41, 5.74) is 8.16. The minimum Gasteiger partial charge on any atom is -0.507 e. The Kier molecular flexibility index (Phi) is 4.20. The number of phenols is 1. The Labute approximate surface area is 140 Å². The minimum absolute atomic E-state index is 0.0612. The highest BCUT2D eigenvalue weighted by molar-refractivity contribution is 6.01. The van der Waals surface area contributed by atoms with Gasteiger partial charge in [0, 0.05) is 0 Å². The van der Waals surface area contributed by atoms with Crippen LogP contribution in [0.25, 0.3) is 16.5 Å². The first-order valence-corrected chi connectivity index (χ1v) is 7.58. The van der Waals surface area contributed by atoms with E-state index in [1.807, 2.05) is 55.5 Å². The molecule has 0 saturated carbocycles. The maximum atomic E-state index is 12.3. The zero-order valence-corrected chi connectivity index (χ0v) is 13.3. The van der Waals surface area contributed by atoms with Crippen molar-refractivity contribution in [1.82, 2.24) is 10.9 Å². The van der Waals surface area contributed by atoms with Crippen molar-refractivity contribution < 1.29 is 9.90 Å². The highest BCUT2D eigenvalue weighted by atomic mass is 16.3. The molecule has 0 aliphatic carbocycles. The maximum absolute atomic E-state index is 12.3. The first-order chi connectivity index (χ1) is 11.5. The van der Waals surface area contributed by atoms with Crippen molar-refractivity contribution in [1.29, 1.82) is 0 Å². The molecule has 0 unspecified atom stereocenters. The molecule has 0 saturated heterocycles. The van der Waals surface area contributed by atoms with Gasteiger partial charge in [0.05, 0.1) is 11.3 Å². The van der Waals surface area contributed by atoms with Crippen molar-refractivity contribution in [3.05, 3.63) is 83.9 Å². The third-order valence-corrected chi connectivity index (χ3v) is 3.84. The third-order valence-electron chi connectivity index (χ3n) is 3.84. The summed E-state index contributed by atoms with van der Waals surface area (Å²) in [5, 5.41) is 11.8. The van der Waals surface area contributed by atoms with E-state index in [-0.39, 0.29) is 11.3 Å². The third kappa shape index (κ3) is 3.22. The number of aryl methyl sites for hydroxylation is 1. The van der Waals surface area contributed by atoms with Crippen LogP contribution in [-0.4, -0.2) is 11.0 Å². The van der Waals surface area contributed by atoms with Gasteiger partial charge < -0.3 is 5.11 Å². The van der Waals surface area contributed by atoms with Gasteiger partial charge in [-0.3, -0.25) is 15.6 Å². The van der Waals surface area contributed by atoms with E-state index in [4.69, 9.17) is 0 Å². The Morgan fingerprint density at radius 3 is 2.25 bits per heavy atom. The van der Waals surface area contributed by atoms with Gasteiger partial charge in [-0.2, -0.15) is 0 Å². The number of carbonyl (C=O) groups is 1. The molecule has 4 heteroatoms. The molecule has 0 aliphatic heterocycles. The lowest BCUT2D eigenvalue weighted by molar-refractivity contribution is 0.0940. The topological polar surface area (TPSA) is 61.4 Å². The Hall–Kier alpha value is -3.27. The second-order valence-electron chi connectivity index (χ2n) is 5.64. The minimum atomic E-state index is -0.425. The average molecular weight is 318 g/mol. The molecule has 3 rings (SSSR count). The summed E-state index contributed by atoms with van der Waals surface area (Å²) < 4.78 is 0. The standard InChI is InChI=1S/C20H18N2O2/c1-13-7-9-15(10-8-13)14(2)21-22-20(24)18-11-16-5-3-4-6-17(16)12-19(18)23/h3-12,21,23H,2H2,1H3,(H,22,24). The fraction of sp³-hybridized carbons (Fsp3) is 0.0500. The number of hydrazine groups is 1. The summed E-state index contributed by atoms with van der Waals surface area (Å²) in [6.45, 7) is 5.91. The zero-order chi connectivity index (χ0) is 17.1. The number of aromatic hydroxyl groups is 1. The molecule has 0 radical (unpaired) electrons. The van der Waals surface area contributed by atoms with Crippen LogP contribution in [0.2, 0.25) is 0 Å². The first-order valence-electron chi connectivity index (χ1n) is 7.58. The summed E-state index contributed by atoms with van der Waals surface area (Å²) in [4.78, 5) is 12.3. The van der Waals surface area contributed by atoms with Crippen LogP contribution in [0.5, 0.6) is 5.75 Å². The Balaban J connectivity index is 1.74. The highest BCUT2D eigenvalue weighted by Gasteiger charge is 2.12. The number of rotatable bonds is 4. The predicted molar refractivity (Wildman–Crippen MR) is 96.4 cm³/mol. The molecule has 1 amide bonds. The largest absolute Gasteiger partial charge is 0.507 e. The predicted octanol–water partition coefficient (Wildman–Crippen LogP) is 3.76. The molecule has 120 valence electrons. The SMILES string of the molecule is C=C(NNC(=O)c1cc2ccccc2cc1O)c1ccc(C)cc1. The number of phenolic OH excluding ortho intramolecular Hbond substituents is 1. The number of hydrogen-bond donors (Lipinski definition) is 3. The van der Waals surface area contributed by atoms with Gasteiger partial charge in [-0.1, -0.05) is 60.7 Å². The van der Waals surface area contributed by atoms with Crippen molar-refractivity contribution >= 4 is 22.4 Å². The van der Waals surface area contributed by atoms with Crippen molar-refractivity contribution in [2.24, 2.45) is 0 Å². The van der Waals surface area contributed by atoms with Gasteiger partial charge in [0.15, 0.2) is 0 Å². The molecule has 24 heavy (non-hydrogen) atoms. The van der Waals surface area contributed by atoms with Crippen molar-refractivity contribution in [3.63, 3.8) is 0 Å². The van der Waals surface area contributed by atoms with Crippen LogP contribution in [0.3, 0.4) is 0 Å². The normalized spacial score (nSPS) is 10.4. The molecule has 3 aromatic rings. The number of hydrogen-bond acceptors (Lipinski definition) is 3. The molecule has 3 N–H and O–H groups in total. The number of carbonyl (C=O) groups excluding carboxylic acids is 1. The summed E-state index contributed by atoms with van der Waals surface area (Å²) in [6, 6.07) is 18.6. The Morgan fingerprint density at radius 1 is 0.958 bits per heavy atom. The van der Waals surface area contributed by atoms with Crippen molar-refractivity contribution in [3.8, 4) is 5.75 Å². The number of benzene rings is 3. The van der Waals surface area contributed by atoms with Crippen LogP contribution in [-0.2, 0) is 0 Å². The van der Waals surface area contributed by atoms with Gasteiger partial charge in [-0.05, 0) is 35.4 Å². The van der Waals surface area contributed by atoms with E-state index in [1.54, 1.807) is 12.1 Å². The average Bonchev–Trinajstić information content (AvgIpc) is 2.59. The van der Waals surface area contributed by atoms with Crippen LogP contribution in [0.15, 0.2) is 67.2 Å². The van der Waals surface area contributed by atoms with Gasteiger partial charge >= 0.3 is 0 Å². The molecular formula is C20H18N2O2. The van der Waals surface area contributed by atoms with E-state index in [9.17, 15) is 9.90 Å². The van der Waals surface area contributed by atoms with Crippen LogP contribution >= 0.6 is 0 Å². The van der Waals surface area contributed by atoms with Crippen LogP contribution in [0.1, 0.15) is 21.5 Å². The molecule has 0 aromatic heterocycles. The Morgan fingerprint density at radius 2 is 1.58 bits per heavy atom. The van der Waals surface area contributed by atoms with Crippen LogP contribution in [0.4, 0.5) is 0 Å². The quantitative estimate of drug-likeness (QED) is 0.642. The lowest BCUT2D eigenvalue weighted by Crippen LogP contribution is -2.35. The first kappa shape index (κ1) is 15.6. The molecule has 3 aromatic carbocycles. The number of fused-ring (bicyclic) bond motifs is 1. The smallest absolute Gasteiger partial charge is 0.273 e. The second kappa shape index (κ2) is 6.46. The fourth-order valence-corrected chi connectivity index (χ4v) is 2.44. The van der Waals surface area contributed by atoms with Crippen molar-refractivity contribution in [2.75, 3.05) is 0 Å². The Bertz CT molecular complexity index is 915. The lowest BCUT2D eigenvalue weighted by Gasteiger charge is -2.12. The monoisotopic (exact) mass is 318 g/mol. The van der Waals surface area contributed by atoms with Gasteiger partial charge in [0.25, 0.3) is 5.91 Å². The van der Waals surface area contributed by atoms with E-state index in [0.717, 1.165) is 21.9 Å². The van der Waals surface area contributed by atoms with Crippen LogP contribution < -0.4 is 10.9 Å². The van der Waals surface area contributed by atoms with E-state index < -0.39 is 5.91 Å². The van der Waals surface area contributed by atoms with Crippen molar-refractivity contribution in [2.45, 2.75) is 6.92 Å². The molecule has 0 aliphatic rings. The highest BCUT2D eigenvalue weighted by Crippen LogP contribution is 2.24. The molecule has 0 fully saturated rings. The molecular weight excluding hydrogens is 300 g/mol. The summed E-state index contributed by atoms with van der Waals surface area (Å²) in [6.07, 6.45) is 0. The fourth-order valence-electron chi connectivity index (χ4n) is 2.44. The summed E-state index contributed by atoms with van der Waals surface area (Å²) >= 11 is 0. The molecule has 0 bridgehead atoms. The lowest BCUT2D eigenvalue weighted by atomic mass is 10.1. The maximum Gasteiger partial charge on any atom is 0.273 e. The van der Waals surface area contributed by atoms with Gasteiger partial charge in [-0.25, -0.2) is 0 Å². The zero-order valence-electron chi connectivity index (χ0n) is 13.3. The number of nitrogens with one attached hydrogen (secondary N) is 2. The van der Waals surface area contributed by atoms with E-state index in [0.29, 0.717) is 5.70 Å². The molecule has 0 spiro atoms. The van der Waals surface area contributed by atoms with E-state index in [2.05, 4.69) is 17.4 Å². The van der Waals surface area contributed by atoms with E-state index in [1.165, 1.54) is 0 Å². The summed E-state index contributed by atoms with van der Waals surface area (Å²) in [5.74, 6) is -0.486. The van der Waals surface area contributed by atoms with Crippen LogP contribution in [0, 0.1) is 6.92 Å². The second-order valence-corrected chi connectivity index (χ2v) is 5.64. The molecule has 0 atom stereocenters. The summed E-state index contributed by atoms with van der Waals surface area (Å²) in [7, 11) is 0. The molecule has 4 nitrogen and oxygen atoms in total. The number of amides is 1.